The van der Waals surface area contributed by atoms with Crippen molar-refractivity contribution in [3.63, 3.8) is 0 Å². The lowest BCUT2D eigenvalue weighted by Gasteiger charge is -2.29. The number of sulfone groups is 1. The predicted molar refractivity (Wildman–Crippen MR) is 58.5 cm³/mol. The zero-order valence-electron chi connectivity index (χ0n) is 9.39. The van der Waals surface area contributed by atoms with Crippen molar-refractivity contribution in [3.05, 3.63) is 0 Å². The first-order valence-electron chi connectivity index (χ1n) is 5.15. The summed E-state index contributed by atoms with van der Waals surface area (Å²) in [7, 11) is -3.15. The van der Waals surface area contributed by atoms with Crippen LogP contribution in [0.2, 0.25) is 0 Å². The van der Waals surface area contributed by atoms with Gasteiger partial charge in [-0.2, -0.15) is 0 Å². The van der Waals surface area contributed by atoms with Gasteiger partial charge in [0.1, 0.15) is 0 Å². The van der Waals surface area contributed by atoms with Crippen molar-refractivity contribution in [3.8, 4) is 0 Å². The van der Waals surface area contributed by atoms with Gasteiger partial charge in [0.2, 0.25) is 11.8 Å². The summed E-state index contributed by atoms with van der Waals surface area (Å²) in [6.07, 6.45) is 0. The van der Waals surface area contributed by atoms with E-state index in [2.05, 4.69) is 5.32 Å². The maximum Gasteiger partial charge on any atom is 0.246 e. The predicted octanol–water partition coefficient (Wildman–Crippen LogP) is -1.23. The number of amides is 2. The molecule has 1 fully saturated rings. The Balaban J connectivity index is 2.65. The van der Waals surface area contributed by atoms with Crippen LogP contribution >= 0.6 is 0 Å². The summed E-state index contributed by atoms with van der Waals surface area (Å²) >= 11 is 0. The Morgan fingerprint density at radius 2 is 2.06 bits per heavy atom. The number of carbonyl (C=O) groups excluding carboxylic acids is 2. The number of rotatable bonds is 4. The highest BCUT2D eigenvalue weighted by Gasteiger charge is 2.31. The van der Waals surface area contributed by atoms with Crippen molar-refractivity contribution < 1.29 is 18.0 Å². The van der Waals surface area contributed by atoms with E-state index in [4.69, 9.17) is 0 Å². The quantitative estimate of drug-likeness (QED) is 0.630. The van der Waals surface area contributed by atoms with Crippen LogP contribution in [0.25, 0.3) is 0 Å². The second-order valence-corrected chi connectivity index (χ2v) is 6.20. The standard InChI is InChI=1S/C9H16N2O4S/c1-3-16(14,15)5-4-11-8(12)6-10-7(2)9(11)13/h7,10H,3-6H2,1-2H3. The highest BCUT2D eigenvalue weighted by atomic mass is 32.2. The van der Waals surface area contributed by atoms with Crippen LogP contribution in [-0.4, -0.2) is 55.8 Å². The monoisotopic (exact) mass is 248 g/mol. The third kappa shape index (κ3) is 3.02. The van der Waals surface area contributed by atoms with Gasteiger partial charge in [0, 0.05) is 12.3 Å². The Hall–Kier alpha value is -0.950. The minimum absolute atomic E-state index is 0.0248. The maximum atomic E-state index is 11.6. The third-order valence-electron chi connectivity index (χ3n) is 2.56. The first kappa shape index (κ1) is 13.1. The lowest BCUT2D eigenvalue weighted by atomic mass is 10.2. The second-order valence-electron chi connectivity index (χ2n) is 3.72. The molecule has 0 radical (unpaired) electrons. The topological polar surface area (TPSA) is 83.6 Å². The van der Waals surface area contributed by atoms with E-state index < -0.39 is 15.9 Å². The van der Waals surface area contributed by atoms with Gasteiger partial charge >= 0.3 is 0 Å². The molecule has 0 aliphatic carbocycles. The van der Waals surface area contributed by atoms with Crippen molar-refractivity contribution in [2.24, 2.45) is 0 Å². The fourth-order valence-electron chi connectivity index (χ4n) is 1.39. The SMILES string of the molecule is CCS(=O)(=O)CCN1C(=O)CNC(C)C1=O. The minimum Gasteiger partial charge on any atom is -0.298 e. The van der Waals surface area contributed by atoms with Gasteiger partial charge in [0.25, 0.3) is 0 Å². The molecule has 1 aliphatic heterocycles. The Kier molecular flexibility index (Phi) is 4.03. The molecular formula is C9H16N2O4S. The first-order valence-corrected chi connectivity index (χ1v) is 6.97. The molecule has 7 heteroatoms. The molecule has 1 heterocycles. The van der Waals surface area contributed by atoms with Gasteiger partial charge in [-0.1, -0.05) is 6.92 Å². The lowest BCUT2D eigenvalue weighted by Crippen LogP contribution is -2.57. The van der Waals surface area contributed by atoms with E-state index in [1.54, 1.807) is 13.8 Å². The normalized spacial score (nSPS) is 22.6. The molecule has 0 aromatic rings. The minimum atomic E-state index is -3.15. The van der Waals surface area contributed by atoms with Crippen LogP contribution in [0.3, 0.4) is 0 Å². The van der Waals surface area contributed by atoms with E-state index in [-0.39, 0.29) is 36.4 Å². The van der Waals surface area contributed by atoms with Gasteiger partial charge < -0.3 is 0 Å². The molecule has 2 amide bonds. The van der Waals surface area contributed by atoms with Gasteiger partial charge in [-0.15, -0.1) is 0 Å². The van der Waals surface area contributed by atoms with Crippen molar-refractivity contribution >= 4 is 21.7 Å². The van der Waals surface area contributed by atoms with Crippen LogP contribution in [0, 0.1) is 0 Å². The zero-order chi connectivity index (χ0) is 12.3. The van der Waals surface area contributed by atoms with Crippen LogP contribution in [-0.2, 0) is 19.4 Å². The summed E-state index contributed by atoms with van der Waals surface area (Å²) < 4.78 is 22.5. The molecule has 1 aliphatic rings. The average Bonchev–Trinajstić information content (AvgIpc) is 2.24. The summed E-state index contributed by atoms with van der Waals surface area (Å²) in [5.74, 6) is -0.859. The summed E-state index contributed by atoms with van der Waals surface area (Å²) in [5.41, 5.74) is 0. The van der Waals surface area contributed by atoms with Gasteiger partial charge in [0.05, 0.1) is 18.3 Å². The highest BCUT2D eigenvalue weighted by Crippen LogP contribution is 2.03. The molecule has 0 aromatic heterocycles. The third-order valence-corrected chi connectivity index (χ3v) is 4.25. The van der Waals surface area contributed by atoms with E-state index in [0.717, 1.165) is 4.90 Å². The van der Waals surface area contributed by atoms with Gasteiger partial charge in [-0.25, -0.2) is 8.42 Å². The van der Waals surface area contributed by atoms with E-state index >= 15 is 0 Å². The number of carbonyl (C=O) groups is 2. The van der Waals surface area contributed by atoms with Crippen molar-refractivity contribution in [1.82, 2.24) is 10.2 Å². The number of hydrogen-bond donors (Lipinski definition) is 1. The van der Waals surface area contributed by atoms with Crippen LogP contribution < -0.4 is 5.32 Å². The molecule has 1 N–H and O–H groups in total. The Bertz CT molecular complexity index is 390. The van der Waals surface area contributed by atoms with Gasteiger partial charge in [-0.3, -0.25) is 19.8 Å². The number of nitrogens with one attached hydrogen (secondary N) is 1. The molecule has 1 atom stereocenters. The summed E-state index contributed by atoms with van der Waals surface area (Å²) in [5, 5.41) is 2.73. The average molecular weight is 248 g/mol. The first-order chi connectivity index (χ1) is 7.37. The molecule has 6 nitrogen and oxygen atoms in total. The van der Waals surface area contributed by atoms with Crippen LogP contribution in [0.1, 0.15) is 13.8 Å². The summed E-state index contributed by atoms with van der Waals surface area (Å²) in [6, 6.07) is -0.429. The van der Waals surface area contributed by atoms with Crippen LogP contribution in [0.15, 0.2) is 0 Å². The van der Waals surface area contributed by atoms with E-state index in [9.17, 15) is 18.0 Å². The molecule has 16 heavy (non-hydrogen) atoms. The Morgan fingerprint density at radius 1 is 1.44 bits per heavy atom. The second kappa shape index (κ2) is 4.92. The molecule has 1 unspecified atom stereocenters. The van der Waals surface area contributed by atoms with Crippen molar-refractivity contribution in [2.45, 2.75) is 19.9 Å². The molecular weight excluding hydrogens is 232 g/mol. The number of hydrogen-bond acceptors (Lipinski definition) is 5. The fourth-order valence-corrected chi connectivity index (χ4v) is 2.14. The smallest absolute Gasteiger partial charge is 0.246 e. The number of piperazine rings is 1. The molecule has 0 saturated carbocycles. The largest absolute Gasteiger partial charge is 0.298 e. The van der Waals surface area contributed by atoms with E-state index in [1.807, 2.05) is 0 Å². The highest BCUT2D eigenvalue weighted by molar-refractivity contribution is 7.91. The Labute approximate surface area is 94.9 Å². The summed E-state index contributed by atoms with van der Waals surface area (Å²) in [4.78, 5) is 24.0. The van der Waals surface area contributed by atoms with Gasteiger partial charge in [-0.05, 0) is 6.92 Å². The van der Waals surface area contributed by atoms with Crippen molar-refractivity contribution in [1.29, 1.82) is 0 Å². The maximum absolute atomic E-state index is 11.6. The molecule has 1 rings (SSSR count). The molecule has 0 spiro atoms. The van der Waals surface area contributed by atoms with Crippen LogP contribution in [0.4, 0.5) is 0 Å². The van der Waals surface area contributed by atoms with Gasteiger partial charge in [0.15, 0.2) is 9.84 Å². The Morgan fingerprint density at radius 3 is 2.62 bits per heavy atom. The van der Waals surface area contributed by atoms with Crippen molar-refractivity contribution in [2.75, 3.05) is 24.6 Å². The molecule has 0 bridgehead atoms. The molecule has 0 aromatic carbocycles. The zero-order valence-corrected chi connectivity index (χ0v) is 10.2. The van der Waals surface area contributed by atoms with Crippen LogP contribution in [0.5, 0.6) is 0 Å². The number of nitrogens with zero attached hydrogens (tertiary/aromatic N) is 1. The molecule has 92 valence electrons. The summed E-state index contributed by atoms with van der Waals surface area (Å²) in [6.45, 7) is 3.23. The lowest BCUT2D eigenvalue weighted by molar-refractivity contribution is -0.148. The molecule has 1 saturated heterocycles. The fraction of sp³-hybridized carbons (Fsp3) is 0.778. The van der Waals surface area contributed by atoms with E-state index in [1.165, 1.54) is 0 Å². The van der Waals surface area contributed by atoms with E-state index in [0.29, 0.717) is 0 Å². The number of imide groups is 1.